The molecule has 0 amide bonds. The predicted molar refractivity (Wildman–Crippen MR) is 82.9 cm³/mol. The second-order valence-electron chi connectivity index (χ2n) is 4.67. The van der Waals surface area contributed by atoms with Gasteiger partial charge in [0.2, 0.25) is 0 Å². The third kappa shape index (κ3) is 4.03. The standard InChI is InChI=1S/C16H17NO2S/c1-11-7-12(2)9-14(8-11)17-10-15(19-13(3)18)16-5-4-6-20-16/h4-10,15H,1-3H3. The maximum absolute atomic E-state index is 11.2. The first-order chi connectivity index (χ1) is 9.54. The van der Waals surface area contributed by atoms with Gasteiger partial charge in [0, 0.05) is 6.92 Å². The van der Waals surface area contributed by atoms with E-state index in [4.69, 9.17) is 4.74 Å². The molecule has 1 aromatic carbocycles. The second kappa shape index (κ2) is 6.48. The van der Waals surface area contributed by atoms with Crippen LogP contribution in [0.3, 0.4) is 0 Å². The molecule has 0 N–H and O–H groups in total. The van der Waals surface area contributed by atoms with Crippen LogP contribution in [-0.4, -0.2) is 12.2 Å². The molecule has 1 atom stereocenters. The quantitative estimate of drug-likeness (QED) is 0.618. The lowest BCUT2D eigenvalue weighted by atomic mass is 10.1. The molecule has 0 aliphatic heterocycles. The highest BCUT2D eigenvalue weighted by atomic mass is 32.1. The Morgan fingerprint density at radius 3 is 2.55 bits per heavy atom. The van der Waals surface area contributed by atoms with Gasteiger partial charge in [0.05, 0.1) is 16.8 Å². The molecule has 0 aliphatic rings. The number of rotatable bonds is 4. The number of ether oxygens (including phenoxy) is 1. The zero-order chi connectivity index (χ0) is 14.5. The fourth-order valence-electron chi connectivity index (χ4n) is 1.97. The lowest BCUT2D eigenvalue weighted by molar-refractivity contribution is -0.143. The van der Waals surface area contributed by atoms with Crippen LogP contribution in [0.4, 0.5) is 5.69 Å². The first-order valence-corrected chi connectivity index (χ1v) is 7.25. The van der Waals surface area contributed by atoms with E-state index in [0.29, 0.717) is 0 Å². The summed E-state index contributed by atoms with van der Waals surface area (Å²) in [7, 11) is 0. The SMILES string of the molecule is CC(=O)OC(C=Nc1cc(C)cc(C)c1)c1cccs1. The Morgan fingerprint density at radius 2 is 2.00 bits per heavy atom. The molecular weight excluding hydrogens is 270 g/mol. The highest BCUT2D eigenvalue weighted by Gasteiger charge is 2.13. The van der Waals surface area contributed by atoms with Gasteiger partial charge in [-0.3, -0.25) is 9.79 Å². The van der Waals surface area contributed by atoms with Crippen molar-refractivity contribution in [1.29, 1.82) is 0 Å². The summed E-state index contributed by atoms with van der Waals surface area (Å²) >= 11 is 1.55. The summed E-state index contributed by atoms with van der Waals surface area (Å²) in [6, 6.07) is 9.97. The molecule has 2 rings (SSSR count). The number of aryl methyl sites for hydroxylation is 2. The van der Waals surface area contributed by atoms with Gasteiger partial charge in [0.1, 0.15) is 0 Å². The predicted octanol–water partition coefficient (Wildman–Crippen LogP) is 4.37. The smallest absolute Gasteiger partial charge is 0.303 e. The topological polar surface area (TPSA) is 38.7 Å². The van der Waals surface area contributed by atoms with E-state index in [1.807, 2.05) is 43.5 Å². The molecule has 1 aromatic heterocycles. The Morgan fingerprint density at radius 1 is 1.30 bits per heavy atom. The monoisotopic (exact) mass is 287 g/mol. The van der Waals surface area contributed by atoms with Crippen LogP contribution in [0.2, 0.25) is 0 Å². The van der Waals surface area contributed by atoms with Gasteiger partial charge in [-0.2, -0.15) is 0 Å². The maximum atomic E-state index is 11.2. The van der Waals surface area contributed by atoms with Crippen molar-refractivity contribution in [2.24, 2.45) is 4.99 Å². The van der Waals surface area contributed by atoms with Crippen LogP contribution in [0.15, 0.2) is 40.7 Å². The fourth-order valence-corrected chi connectivity index (χ4v) is 2.69. The molecule has 20 heavy (non-hydrogen) atoms. The molecule has 0 aliphatic carbocycles. The van der Waals surface area contributed by atoms with Gasteiger partial charge in [-0.1, -0.05) is 12.1 Å². The van der Waals surface area contributed by atoms with Gasteiger partial charge in [0.25, 0.3) is 0 Å². The summed E-state index contributed by atoms with van der Waals surface area (Å²) in [6.45, 7) is 5.48. The molecule has 0 fully saturated rings. The van der Waals surface area contributed by atoms with Crippen molar-refractivity contribution < 1.29 is 9.53 Å². The number of thiophene rings is 1. The molecule has 104 valence electrons. The van der Waals surface area contributed by atoms with E-state index in [1.165, 1.54) is 6.92 Å². The van der Waals surface area contributed by atoms with E-state index < -0.39 is 6.10 Å². The second-order valence-corrected chi connectivity index (χ2v) is 5.65. The van der Waals surface area contributed by atoms with Crippen LogP contribution in [0.1, 0.15) is 29.0 Å². The van der Waals surface area contributed by atoms with Crippen LogP contribution in [0.25, 0.3) is 0 Å². The number of aliphatic imine (C=N–C) groups is 1. The van der Waals surface area contributed by atoms with E-state index in [-0.39, 0.29) is 5.97 Å². The lowest BCUT2D eigenvalue weighted by Crippen LogP contribution is -2.08. The van der Waals surface area contributed by atoms with Crippen molar-refractivity contribution in [2.75, 3.05) is 0 Å². The number of carbonyl (C=O) groups is 1. The van der Waals surface area contributed by atoms with E-state index in [9.17, 15) is 4.79 Å². The van der Waals surface area contributed by atoms with Crippen LogP contribution in [0, 0.1) is 13.8 Å². The summed E-state index contributed by atoms with van der Waals surface area (Å²) in [5, 5.41) is 1.95. The van der Waals surface area contributed by atoms with Crippen LogP contribution in [0.5, 0.6) is 0 Å². The van der Waals surface area contributed by atoms with Crippen LogP contribution < -0.4 is 0 Å². The minimum Gasteiger partial charge on any atom is -0.451 e. The average Bonchev–Trinajstić information content (AvgIpc) is 2.86. The van der Waals surface area contributed by atoms with Gasteiger partial charge in [0.15, 0.2) is 6.10 Å². The van der Waals surface area contributed by atoms with Crippen molar-refractivity contribution in [3.63, 3.8) is 0 Å². The number of esters is 1. The van der Waals surface area contributed by atoms with Crippen LogP contribution >= 0.6 is 11.3 Å². The molecule has 0 saturated heterocycles. The Balaban J connectivity index is 2.22. The number of benzene rings is 1. The molecule has 4 heteroatoms. The molecule has 0 radical (unpaired) electrons. The van der Waals surface area contributed by atoms with Crippen molar-refractivity contribution >= 4 is 29.2 Å². The van der Waals surface area contributed by atoms with Gasteiger partial charge in [-0.05, 0) is 48.6 Å². The van der Waals surface area contributed by atoms with Gasteiger partial charge >= 0.3 is 5.97 Å². The molecule has 0 bridgehead atoms. The summed E-state index contributed by atoms with van der Waals surface area (Å²) in [5.74, 6) is -0.310. The van der Waals surface area contributed by atoms with Gasteiger partial charge in [-0.25, -0.2) is 0 Å². The summed E-state index contributed by atoms with van der Waals surface area (Å²) in [5.41, 5.74) is 3.20. The number of carbonyl (C=O) groups excluding carboxylic acids is 1. The Bertz CT molecular complexity index is 597. The van der Waals surface area contributed by atoms with Crippen molar-refractivity contribution in [2.45, 2.75) is 26.9 Å². The molecule has 1 heterocycles. The molecule has 2 aromatic rings. The highest BCUT2D eigenvalue weighted by Crippen LogP contribution is 2.23. The average molecular weight is 287 g/mol. The normalized spacial score (nSPS) is 12.6. The zero-order valence-electron chi connectivity index (χ0n) is 11.8. The third-order valence-electron chi connectivity index (χ3n) is 2.68. The number of nitrogens with zero attached hydrogens (tertiary/aromatic N) is 1. The third-order valence-corrected chi connectivity index (χ3v) is 3.62. The lowest BCUT2D eigenvalue weighted by Gasteiger charge is -2.10. The van der Waals surface area contributed by atoms with Crippen molar-refractivity contribution in [3.8, 4) is 0 Å². The zero-order valence-corrected chi connectivity index (χ0v) is 12.6. The fraction of sp³-hybridized carbons (Fsp3) is 0.250. The van der Waals surface area contributed by atoms with Crippen molar-refractivity contribution in [3.05, 3.63) is 51.7 Å². The molecule has 0 spiro atoms. The number of hydrogen-bond donors (Lipinski definition) is 0. The first kappa shape index (κ1) is 14.5. The van der Waals surface area contributed by atoms with Crippen molar-refractivity contribution in [1.82, 2.24) is 0 Å². The minimum absolute atomic E-state index is 0.310. The molecule has 0 saturated carbocycles. The first-order valence-electron chi connectivity index (χ1n) is 6.37. The molecular formula is C16H17NO2S. The van der Waals surface area contributed by atoms with E-state index in [2.05, 4.69) is 11.1 Å². The van der Waals surface area contributed by atoms with Crippen LogP contribution in [-0.2, 0) is 9.53 Å². The molecule has 3 nitrogen and oxygen atoms in total. The van der Waals surface area contributed by atoms with E-state index >= 15 is 0 Å². The Hall–Kier alpha value is -1.94. The molecule has 1 unspecified atom stereocenters. The minimum atomic E-state index is -0.423. The van der Waals surface area contributed by atoms with Gasteiger partial charge in [-0.15, -0.1) is 11.3 Å². The summed E-state index contributed by atoms with van der Waals surface area (Å²) < 4.78 is 5.30. The van der Waals surface area contributed by atoms with E-state index in [0.717, 1.165) is 21.7 Å². The summed E-state index contributed by atoms with van der Waals surface area (Å²) in [6.07, 6.45) is 1.26. The number of hydrogen-bond acceptors (Lipinski definition) is 4. The van der Waals surface area contributed by atoms with Gasteiger partial charge < -0.3 is 4.74 Å². The largest absolute Gasteiger partial charge is 0.451 e. The highest BCUT2D eigenvalue weighted by molar-refractivity contribution is 7.10. The Kier molecular flexibility index (Phi) is 4.69. The maximum Gasteiger partial charge on any atom is 0.303 e. The van der Waals surface area contributed by atoms with E-state index in [1.54, 1.807) is 17.6 Å². The summed E-state index contributed by atoms with van der Waals surface area (Å²) in [4.78, 5) is 16.6. The Labute approximate surface area is 122 Å².